The third-order valence-corrected chi connectivity index (χ3v) is 3.46. The lowest BCUT2D eigenvalue weighted by Crippen LogP contribution is -2.12. The Labute approximate surface area is 120 Å². The number of methoxy groups -OCH3 is 1. The van der Waals surface area contributed by atoms with Crippen LogP contribution in [0.15, 0.2) is 36.4 Å². The summed E-state index contributed by atoms with van der Waals surface area (Å²) in [4.78, 5) is 0. The SMILES string of the molecule is COc1cc(C(N)c2ccc(Cl)c(F)c2)ccc1Cl. The lowest BCUT2D eigenvalue weighted by molar-refractivity contribution is 0.414. The second-order valence-electron chi connectivity index (χ2n) is 4.05. The first-order valence-electron chi connectivity index (χ1n) is 5.57. The van der Waals surface area contributed by atoms with E-state index in [1.165, 1.54) is 19.2 Å². The van der Waals surface area contributed by atoms with E-state index in [4.69, 9.17) is 33.7 Å². The smallest absolute Gasteiger partial charge is 0.142 e. The van der Waals surface area contributed by atoms with Crippen molar-refractivity contribution in [3.05, 3.63) is 63.4 Å². The van der Waals surface area contributed by atoms with E-state index < -0.39 is 11.9 Å². The van der Waals surface area contributed by atoms with Gasteiger partial charge in [0, 0.05) is 0 Å². The molecule has 2 N–H and O–H groups in total. The number of rotatable bonds is 3. The van der Waals surface area contributed by atoms with Gasteiger partial charge in [-0.05, 0) is 35.4 Å². The topological polar surface area (TPSA) is 35.2 Å². The number of hydrogen-bond acceptors (Lipinski definition) is 2. The fraction of sp³-hybridized carbons (Fsp3) is 0.143. The first kappa shape index (κ1) is 14.1. The molecule has 0 amide bonds. The predicted octanol–water partition coefficient (Wildman–Crippen LogP) is 4.19. The molecule has 100 valence electrons. The zero-order valence-corrected chi connectivity index (χ0v) is 11.7. The lowest BCUT2D eigenvalue weighted by Gasteiger charge is -2.14. The third kappa shape index (κ3) is 3.00. The second kappa shape index (κ2) is 5.78. The van der Waals surface area contributed by atoms with Crippen LogP contribution in [0.3, 0.4) is 0 Å². The quantitative estimate of drug-likeness (QED) is 0.922. The molecule has 5 heteroatoms. The van der Waals surface area contributed by atoms with Crippen molar-refractivity contribution in [2.45, 2.75) is 6.04 Å². The van der Waals surface area contributed by atoms with Crippen LogP contribution in [-0.4, -0.2) is 7.11 Å². The highest BCUT2D eigenvalue weighted by Crippen LogP contribution is 2.30. The molecule has 0 heterocycles. The molecule has 0 spiro atoms. The first-order valence-corrected chi connectivity index (χ1v) is 6.32. The number of ether oxygens (including phenoxy) is 1. The van der Waals surface area contributed by atoms with Crippen LogP contribution in [0.2, 0.25) is 10.0 Å². The van der Waals surface area contributed by atoms with E-state index >= 15 is 0 Å². The molecule has 0 aliphatic rings. The van der Waals surface area contributed by atoms with Gasteiger partial charge in [-0.15, -0.1) is 0 Å². The maximum atomic E-state index is 13.4. The Morgan fingerprint density at radius 1 is 1.05 bits per heavy atom. The molecule has 19 heavy (non-hydrogen) atoms. The fourth-order valence-corrected chi connectivity index (χ4v) is 2.08. The summed E-state index contributed by atoms with van der Waals surface area (Å²) in [5.41, 5.74) is 7.51. The zero-order chi connectivity index (χ0) is 14.0. The summed E-state index contributed by atoms with van der Waals surface area (Å²) >= 11 is 11.6. The summed E-state index contributed by atoms with van der Waals surface area (Å²) in [7, 11) is 1.53. The Morgan fingerprint density at radius 3 is 2.21 bits per heavy atom. The number of halogens is 3. The summed E-state index contributed by atoms with van der Waals surface area (Å²) in [5, 5.41) is 0.574. The average Bonchev–Trinajstić information content (AvgIpc) is 2.41. The van der Waals surface area contributed by atoms with E-state index in [0.29, 0.717) is 16.3 Å². The van der Waals surface area contributed by atoms with Crippen LogP contribution >= 0.6 is 23.2 Å². The van der Waals surface area contributed by atoms with Crippen LogP contribution in [0.4, 0.5) is 4.39 Å². The fourth-order valence-electron chi connectivity index (χ4n) is 1.77. The molecule has 0 radical (unpaired) electrons. The summed E-state index contributed by atoms with van der Waals surface area (Å²) < 4.78 is 18.6. The first-order chi connectivity index (χ1) is 9.02. The van der Waals surface area contributed by atoms with Gasteiger partial charge in [0.15, 0.2) is 0 Å². The van der Waals surface area contributed by atoms with E-state index in [-0.39, 0.29) is 5.02 Å². The highest BCUT2D eigenvalue weighted by Gasteiger charge is 2.13. The lowest BCUT2D eigenvalue weighted by atomic mass is 9.99. The highest BCUT2D eigenvalue weighted by atomic mass is 35.5. The molecular formula is C14H12Cl2FNO. The zero-order valence-electron chi connectivity index (χ0n) is 10.2. The Bertz CT molecular complexity index is 604. The van der Waals surface area contributed by atoms with Gasteiger partial charge in [0.05, 0.1) is 23.2 Å². The number of hydrogen-bond donors (Lipinski definition) is 1. The minimum atomic E-state index is -0.490. The van der Waals surface area contributed by atoms with Crippen molar-refractivity contribution in [3.63, 3.8) is 0 Å². The van der Waals surface area contributed by atoms with Gasteiger partial charge in [0.2, 0.25) is 0 Å². The van der Waals surface area contributed by atoms with Gasteiger partial charge in [-0.3, -0.25) is 0 Å². The molecule has 2 aromatic carbocycles. The molecule has 0 aromatic heterocycles. The van der Waals surface area contributed by atoms with Crippen LogP contribution in [0.25, 0.3) is 0 Å². The van der Waals surface area contributed by atoms with Crippen LogP contribution < -0.4 is 10.5 Å². The molecule has 2 rings (SSSR count). The van der Waals surface area contributed by atoms with Gasteiger partial charge in [-0.1, -0.05) is 35.3 Å². The minimum Gasteiger partial charge on any atom is -0.495 e. The highest BCUT2D eigenvalue weighted by molar-refractivity contribution is 6.32. The molecule has 0 aliphatic carbocycles. The molecule has 2 nitrogen and oxygen atoms in total. The molecule has 0 saturated heterocycles. The minimum absolute atomic E-state index is 0.0737. The summed E-state index contributed by atoms with van der Waals surface area (Å²) in [5.74, 6) is 0.0413. The average molecular weight is 300 g/mol. The summed E-state index contributed by atoms with van der Waals surface area (Å²) in [6.07, 6.45) is 0. The van der Waals surface area contributed by atoms with Gasteiger partial charge in [0.25, 0.3) is 0 Å². The molecule has 0 fully saturated rings. The molecule has 2 aromatic rings. The van der Waals surface area contributed by atoms with E-state index in [1.54, 1.807) is 24.3 Å². The standard InChI is InChI=1S/C14H12Cl2FNO/c1-19-13-7-9(3-5-11(13)16)14(18)8-2-4-10(15)12(17)6-8/h2-7,14H,18H2,1H3. The van der Waals surface area contributed by atoms with Crippen LogP contribution in [0.1, 0.15) is 17.2 Å². The van der Waals surface area contributed by atoms with Crippen LogP contribution in [-0.2, 0) is 0 Å². The molecule has 1 atom stereocenters. The van der Waals surface area contributed by atoms with Crippen molar-refractivity contribution < 1.29 is 9.13 Å². The largest absolute Gasteiger partial charge is 0.495 e. The van der Waals surface area contributed by atoms with Crippen molar-refractivity contribution in [1.82, 2.24) is 0 Å². The Morgan fingerprint density at radius 2 is 1.63 bits per heavy atom. The van der Waals surface area contributed by atoms with Gasteiger partial charge in [0.1, 0.15) is 11.6 Å². The maximum absolute atomic E-state index is 13.4. The Balaban J connectivity index is 2.37. The van der Waals surface area contributed by atoms with Crippen molar-refractivity contribution >= 4 is 23.2 Å². The molecule has 0 aliphatic heterocycles. The van der Waals surface area contributed by atoms with Crippen molar-refractivity contribution in [2.24, 2.45) is 5.73 Å². The molecule has 0 bridgehead atoms. The summed E-state index contributed by atoms with van der Waals surface area (Å²) in [6, 6.07) is 9.24. The van der Waals surface area contributed by atoms with E-state index in [1.807, 2.05) is 0 Å². The van der Waals surface area contributed by atoms with Crippen molar-refractivity contribution in [1.29, 1.82) is 0 Å². The molecule has 1 unspecified atom stereocenters. The normalized spacial score (nSPS) is 12.3. The Hall–Kier alpha value is -1.29. The van der Waals surface area contributed by atoms with E-state index in [2.05, 4.69) is 0 Å². The van der Waals surface area contributed by atoms with Gasteiger partial charge in [-0.25, -0.2) is 4.39 Å². The third-order valence-electron chi connectivity index (χ3n) is 2.84. The summed E-state index contributed by atoms with van der Waals surface area (Å²) in [6.45, 7) is 0. The Kier molecular flexibility index (Phi) is 4.30. The van der Waals surface area contributed by atoms with Gasteiger partial charge < -0.3 is 10.5 Å². The van der Waals surface area contributed by atoms with Crippen LogP contribution in [0, 0.1) is 5.82 Å². The maximum Gasteiger partial charge on any atom is 0.142 e. The van der Waals surface area contributed by atoms with Crippen molar-refractivity contribution in [2.75, 3.05) is 7.11 Å². The predicted molar refractivity (Wildman–Crippen MR) is 75.4 cm³/mol. The second-order valence-corrected chi connectivity index (χ2v) is 4.86. The van der Waals surface area contributed by atoms with E-state index in [9.17, 15) is 4.39 Å². The van der Waals surface area contributed by atoms with Crippen LogP contribution in [0.5, 0.6) is 5.75 Å². The monoisotopic (exact) mass is 299 g/mol. The molecule has 0 saturated carbocycles. The number of nitrogens with two attached hydrogens (primary N) is 1. The number of benzene rings is 2. The van der Waals surface area contributed by atoms with Gasteiger partial charge in [-0.2, -0.15) is 0 Å². The van der Waals surface area contributed by atoms with Crippen molar-refractivity contribution in [3.8, 4) is 5.75 Å². The molecular weight excluding hydrogens is 288 g/mol. The van der Waals surface area contributed by atoms with E-state index in [0.717, 1.165) is 5.56 Å². The van der Waals surface area contributed by atoms with Gasteiger partial charge >= 0.3 is 0 Å².